The largest absolute Gasteiger partial charge is 0.425 e. The van der Waals surface area contributed by atoms with E-state index in [1.165, 1.54) is 0 Å². The van der Waals surface area contributed by atoms with Gasteiger partial charge in [0, 0.05) is 66.4 Å². The van der Waals surface area contributed by atoms with E-state index in [-0.39, 0.29) is 5.62 Å². The average molecular weight is 437 g/mol. The predicted octanol–water partition coefficient (Wildman–Crippen LogP) is 3.39. The van der Waals surface area contributed by atoms with Crippen molar-refractivity contribution in [2.24, 2.45) is 4.99 Å². The Bertz CT molecular complexity index is 1180. The lowest BCUT2D eigenvalue weighted by Crippen LogP contribution is -2.44. The maximum Gasteiger partial charge on any atom is 0.264 e. The molecule has 0 radical (unpaired) electrons. The number of nitrogens with zero attached hydrogens (tertiary/aromatic N) is 5. The molecule has 3 heterocycles. The second kappa shape index (κ2) is 8.24. The molecule has 2 aliphatic heterocycles. The lowest BCUT2D eigenvalue weighted by molar-refractivity contribution is 0.171. The summed E-state index contributed by atoms with van der Waals surface area (Å²) in [6, 6.07) is 13.7. The second-order valence-electron chi connectivity index (χ2n) is 8.03. The van der Waals surface area contributed by atoms with Gasteiger partial charge >= 0.3 is 0 Å². The number of anilines is 2. The van der Waals surface area contributed by atoms with Gasteiger partial charge in [-0.05, 0) is 49.9 Å². The molecule has 8 heteroatoms. The van der Waals surface area contributed by atoms with E-state index < -0.39 is 0 Å². The summed E-state index contributed by atoms with van der Waals surface area (Å²) in [4.78, 5) is 13.8. The molecular weight excluding hydrogens is 412 g/mol. The van der Waals surface area contributed by atoms with Crippen LogP contribution in [-0.4, -0.2) is 59.6 Å². The maximum atomic E-state index is 11.1. The van der Waals surface area contributed by atoms with Gasteiger partial charge in [0.25, 0.3) is 5.62 Å². The lowest BCUT2D eigenvalue weighted by atomic mass is 10.1. The minimum atomic E-state index is 0.247. The molecule has 0 bridgehead atoms. The fourth-order valence-electron chi connectivity index (χ4n) is 4.17. The number of benzene rings is 2. The molecule has 0 amide bonds. The van der Waals surface area contributed by atoms with E-state index in [9.17, 15) is 5.21 Å². The molecule has 0 atom stereocenters. The monoisotopic (exact) mass is 436 g/mol. The molecule has 2 aromatic carbocycles. The summed E-state index contributed by atoms with van der Waals surface area (Å²) in [6.45, 7) is 4.81. The molecule has 0 unspecified atom stereocenters. The number of hydrogen-bond acceptors (Lipinski definition) is 6. The van der Waals surface area contributed by atoms with Gasteiger partial charge in [-0.25, -0.2) is 9.98 Å². The maximum absolute atomic E-state index is 11.1. The van der Waals surface area contributed by atoms with Gasteiger partial charge in [0.05, 0.1) is 11.4 Å². The highest BCUT2D eigenvalue weighted by Gasteiger charge is 2.19. The molecular formula is C23H25ClN6O. The minimum Gasteiger partial charge on any atom is -0.425 e. The molecule has 2 aliphatic rings. The number of halogens is 1. The first-order valence-corrected chi connectivity index (χ1v) is 10.9. The molecule has 0 saturated carbocycles. The Kier molecular flexibility index (Phi) is 5.29. The van der Waals surface area contributed by atoms with Crippen LogP contribution >= 0.6 is 11.6 Å². The van der Waals surface area contributed by atoms with Crippen molar-refractivity contribution in [1.29, 1.82) is 0 Å². The first-order chi connectivity index (χ1) is 15.1. The highest BCUT2D eigenvalue weighted by molar-refractivity contribution is 6.31. The Hall–Kier alpha value is -3.03. The molecule has 0 spiro atoms. The van der Waals surface area contributed by atoms with Crippen LogP contribution in [0.3, 0.4) is 0 Å². The van der Waals surface area contributed by atoms with Gasteiger partial charge in [-0.1, -0.05) is 17.7 Å². The van der Waals surface area contributed by atoms with Crippen LogP contribution < -0.4 is 15.8 Å². The molecule has 160 valence electrons. The van der Waals surface area contributed by atoms with Crippen LogP contribution in [0, 0.1) is 0 Å². The van der Waals surface area contributed by atoms with E-state index in [2.05, 4.69) is 38.2 Å². The number of rotatable bonds is 2. The van der Waals surface area contributed by atoms with E-state index in [1.807, 2.05) is 36.4 Å². The van der Waals surface area contributed by atoms with E-state index in [0.717, 1.165) is 72.1 Å². The van der Waals surface area contributed by atoms with Gasteiger partial charge in [-0.15, -0.1) is 4.73 Å². The fraction of sp³-hybridized carbons (Fsp3) is 0.304. The van der Waals surface area contributed by atoms with Crippen LogP contribution in [0.25, 0.3) is 11.3 Å². The first kappa shape index (κ1) is 19.9. The number of piperazine rings is 1. The third kappa shape index (κ3) is 3.98. The van der Waals surface area contributed by atoms with Crippen LogP contribution in [0.2, 0.25) is 5.02 Å². The van der Waals surface area contributed by atoms with E-state index in [0.29, 0.717) is 10.7 Å². The van der Waals surface area contributed by atoms with Crippen molar-refractivity contribution in [3.63, 3.8) is 0 Å². The van der Waals surface area contributed by atoms with Crippen molar-refractivity contribution < 1.29 is 5.21 Å². The Balaban J connectivity index is 1.56. The average Bonchev–Trinajstić information content (AvgIpc) is 2.95. The van der Waals surface area contributed by atoms with Crippen LogP contribution in [0.5, 0.6) is 0 Å². The predicted molar refractivity (Wildman–Crippen MR) is 123 cm³/mol. The molecule has 5 rings (SSSR count). The third-order valence-corrected chi connectivity index (χ3v) is 6.15. The zero-order chi connectivity index (χ0) is 21.4. The quantitative estimate of drug-likeness (QED) is 0.603. The summed E-state index contributed by atoms with van der Waals surface area (Å²) in [7, 11) is 2.15. The van der Waals surface area contributed by atoms with Crippen LogP contribution in [0.15, 0.2) is 53.7 Å². The summed E-state index contributed by atoms with van der Waals surface area (Å²) >= 11 is 6.18. The van der Waals surface area contributed by atoms with Gasteiger partial charge in [0.2, 0.25) is 0 Å². The van der Waals surface area contributed by atoms with Crippen molar-refractivity contribution in [2.75, 3.05) is 50.0 Å². The first-order valence-electron chi connectivity index (χ1n) is 10.5. The van der Waals surface area contributed by atoms with Crippen LogP contribution in [0.4, 0.5) is 17.1 Å². The van der Waals surface area contributed by atoms with E-state index in [1.54, 1.807) is 6.20 Å². The highest BCUT2D eigenvalue weighted by Crippen LogP contribution is 2.34. The summed E-state index contributed by atoms with van der Waals surface area (Å²) in [5.41, 5.74) is 5.57. The van der Waals surface area contributed by atoms with Crippen molar-refractivity contribution in [2.45, 2.75) is 6.42 Å². The molecule has 7 nitrogen and oxygen atoms in total. The van der Waals surface area contributed by atoms with Crippen molar-refractivity contribution in [1.82, 2.24) is 14.6 Å². The van der Waals surface area contributed by atoms with Gasteiger partial charge in [0.15, 0.2) is 0 Å². The Morgan fingerprint density at radius 1 is 1.10 bits per heavy atom. The Labute approximate surface area is 186 Å². The summed E-state index contributed by atoms with van der Waals surface area (Å²) in [6.07, 6.45) is 2.55. The molecule has 3 aromatic rings. The van der Waals surface area contributed by atoms with Crippen molar-refractivity contribution >= 4 is 28.7 Å². The molecule has 0 aliphatic carbocycles. The summed E-state index contributed by atoms with van der Waals surface area (Å²) in [5, 5.41) is 15.1. The number of nitrogens with one attached hydrogen (secondary N) is 1. The molecule has 1 aromatic heterocycles. The Morgan fingerprint density at radius 3 is 2.77 bits per heavy atom. The molecule has 1 fully saturated rings. The van der Waals surface area contributed by atoms with Gasteiger partial charge in [0.1, 0.15) is 0 Å². The van der Waals surface area contributed by atoms with Crippen LogP contribution in [-0.2, 0) is 6.42 Å². The second-order valence-corrected chi connectivity index (χ2v) is 8.47. The van der Waals surface area contributed by atoms with Gasteiger partial charge in [-0.3, -0.25) is 0 Å². The van der Waals surface area contributed by atoms with Crippen molar-refractivity contribution in [3.8, 4) is 11.3 Å². The Morgan fingerprint density at radius 2 is 1.94 bits per heavy atom. The fourth-order valence-corrected chi connectivity index (χ4v) is 4.35. The zero-order valence-corrected chi connectivity index (χ0v) is 18.2. The molecule has 31 heavy (non-hydrogen) atoms. The molecule has 1 saturated heterocycles. The van der Waals surface area contributed by atoms with E-state index >= 15 is 0 Å². The number of fused-ring (bicyclic) bond motifs is 3. The highest BCUT2D eigenvalue weighted by atomic mass is 35.5. The van der Waals surface area contributed by atoms with Gasteiger partial charge in [-0.2, -0.15) is 0 Å². The van der Waals surface area contributed by atoms with E-state index in [4.69, 9.17) is 11.6 Å². The van der Waals surface area contributed by atoms with Crippen LogP contribution in [0.1, 0.15) is 5.56 Å². The summed E-state index contributed by atoms with van der Waals surface area (Å²) < 4.78 is 1.09. The smallest absolute Gasteiger partial charge is 0.264 e. The topological polar surface area (TPSA) is 68.9 Å². The number of likely N-dealkylation sites (N-methyl/N-ethyl adjacent to an activating group) is 1. The SMILES string of the molecule is CN1CCN(c2cccc(N=c3ncc4c(n3O)-c3ccc(Cl)cc3NCC4)c2)CC1. The molecule has 2 N–H and O–H groups in total. The number of aromatic nitrogens is 2. The van der Waals surface area contributed by atoms with Crippen molar-refractivity contribution in [3.05, 3.63) is 64.9 Å². The lowest BCUT2D eigenvalue weighted by Gasteiger charge is -2.34. The zero-order valence-electron chi connectivity index (χ0n) is 17.4. The standard InChI is InChI=1S/C23H25ClN6O/c1-28-9-11-29(12-10-28)19-4-2-3-18(14-19)27-23-26-15-16-7-8-25-21-13-17(24)5-6-20(21)22(16)30(23)31/h2-6,13-15,25,31H,7-12H2,1H3. The summed E-state index contributed by atoms with van der Waals surface area (Å²) in [5.74, 6) is 0. The van der Waals surface area contributed by atoms with Gasteiger partial charge < -0.3 is 20.3 Å². The third-order valence-electron chi connectivity index (χ3n) is 5.92. The minimum absolute atomic E-state index is 0.247. The number of hydrogen-bond donors (Lipinski definition) is 2. The normalized spacial score (nSPS) is 17.0.